The summed E-state index contributed by atoms with van der Waals surface area (Å²) in [6.45, 7) is 0.908. The van der Waals surface area contributed by atoms with Crippen molar-refractivity contribution >= 4 is 17.5 Å². The summed E-state index contributed by atoms with van der Waals surface area (Å²) in [4.78, 5) is 14.2. The van der Waals surface area contributed by atoms with E-state index in [0.717, 1.165) is 5.56 Å². The van der Waals surface area contributed by atoms with Gasteiger partial charge in [-0.3, -0.25) is 4.79 Å². The predicted molar refractivity (Wildman–Crippen MR) is 101 cm³/mol. The van der Waals surface area contributed by atoms with Gasteiger partial charge in [-0.2, -0.15) is 0 Å². The van der Waals surface area contributed by atoms with Crippen molar-refractivity contribution < 1.29 is 19.4 Å². The minimum absolute atomic E-state index is 0.0199. The van der Waals surface area contributed by atoms with Crippen molar-refractivity contribution in [1.29, 1.82) is 0 Å². The van der Waals surface area contributed by atoms with Crippen molar-refractivity contribution in [1.82, 2.24) is 10.2 Å². The van der Waals surface area contributed by atoms with E-state index in [0.29, 0.717) is 23.7 Å². The maximum Gasteiger partial charge on any atom is 0.253 e. The third-order valence-corrected chi connectivity index (χ3v) is 5.06. The van der Waals surface area contributed by atoms with E-state index >= 15 is 0 Å². The van der Waals surface area contributed by atoms with Gasteiger partial charge in [0, 0.05) is 30.2 Å². The summed E-state index contributed by atoms with van der Waals surface area (Å²) >= 11 is 5.86. The number of nitrogens with zero attached hydrogens (tertiary/aromatic N) is 1. The molecule has 0 unspecified atom stereocenters. The van der Waals surface area contributed by atoms with Crippen molar-refractivity contribution in [3.63, 3.8) is 0 Å². The van der Waals surface area contributed by atoms with Crippen LogP contribution in [0.2, 0.25) is 5.02 Å². The fraction of sp³-hybridized carbons (Fsp3) is 0.350. The zero-order valence-electron chi connectivity index (χ0n) is 14.7. The number of benzene rings is 2. The molecule has 3 N–H and O–H groups in total. The molecule has 2 aromatic rings. The number of nitrogens with one attached hydrogen (secondary N) is 1. The number of halogens is 2. The first-order valence-corrected chi connectivity index (χ1v) is 9.16. The lowest BCUT2D eigenvalue weighted by molar-refractivity contribution is -0.111. The van der Waals surface area contributed by atoms with Crippen molar-refractivity contribution in [2.24, 2.45) is 0 Å². The third-order valence-electron chi connectivity index (χ3n) is 4.81. The molecule has 1 fully saturated rings. The number of rotatable bonds is 5. The Balaban J connectivity index is 1.61. The van der Waals surface area contributed by atoms with Crippen LogP contribution in [0.3, 0.4) is 0 Å². The molecule has 1 aliphatic heterocycles. The van der Waals surface area contributed by atoms with Crippen LogP contribution in [-0.2, 0) is 6.54 Å². The van der Waals surface area contributed by atoms with Crippen LogP contribution < -0.4 is 5.32 Å². The maximum atomic E-state index is 13.0. The Bertz CT molecular complexity index is 785. The predicted octanol–water partition coefficient (Wildman–Crippen LogP) is 2.21. The zero-order chi connectivity index (χ0) is 19.4. The number of hydrogen-bond donors (Lipinski definition) is 3. The summed E-state index contributed by atoms with van der Waals surface area (Å²) in [5, 5.41) is 24.8. The highest BCUT2D eigenvalue weighted by Crippen LogP contribution is 2.23. The standard InChI is InChI=1S/C20H22ClFN2O3/c21-16-5-3-15(4-6-16)19(26)24-10-9-18(25)20(27,13-24)12-23-11-14-1-7-17(22)8-2-14/h1-8,18,23,25,27H,9-13H2/t18-,20+/m0/s1. The van der Waals surface area contributed by atoms with E-state index in [1.54, 1.807) is 36.4 Å². The van der Waals surface area contributed by atoms with Gasteiger partial charge >= 0.3 is 0 Å². The summed E-state index contributed by atoms with van der Waals surface area (Å²) in [5.41, 5.74) is -0.114. The Morgan fingerprint density at radius 3 is 2.56 bits per heavy atom. The first-order chi connectivity index (χ1) is 12.9. The molecule has 27 heavy (non-hydrogen) atoms. The quantitative estimate of drug-likeness (QED) is 0.729. The molecule has 0 spiro atoms. The van der Waals surface area contributed by atoms with E-state index < -0.39 is 11.7 Å². The Hall–Kier alpha value is -1.99. The van der Waals surface area contributed by atoms with Crippen LogP contribution in [0.25, 0.3) is 0 Å². The highest BCUT2D eigenvalue weighted by Gasteiger charge is 2.42. The molecule has 3 rings (SSSR count). The lowest BCUT2D eigenvalue weighted by Crippen LogP contribution is -2.62. The summed E-state index contributed by atoms with van der Waals surface area (Å²) in [5.74, 6) is -0.521. The normalized spacial score (nSPS) is 22.7. The topological polar surface area (TPSA) is 72.8 Å². The number of likely N-dealkylation sites (tertiary alicyclic amines) is 1. The Kier molecular flexibility index (Phi) is 6.11. The molecule has 0 aromatic heterocycles. The first kappa shape index (κ1) is 19.8. The SMILES string of the molecule is O=C(c1ccc(Cl)cc1)N1CC[C@H](O)[C@@](O)(CNCc2ccc(F)cc2)C1. The monoisotopic (exact) mass is 392 g/mol. The second-order valence-electron chi connectivity index (χ2n) is 6.87. The number of aliphatic hydroxyl groups excluding tert-OH is 1. The van der Waals surface area contributed by atoms with Crippen LogP contribution in [0.1, 0.15) is 22.3 Å². The molecule has 144 valence electrons. The highest BCUT2D eigenvalue weighted by molar-refractivity contribution is 6.30. The number of amides is 1. The molecule has 1 aliphatic rings. The van der Waals surface area contributed by atoms with Gasteiger partial charge in [0.05, 0.1) is 12.6 Å². The number of aliphatic hydroxyl groups is 2. The van der Waals surface area contributed by atoms with Crippen molar-refractivity contribution in [2.75, 3.05) is 19.6 Å². The number of piperidine rings is 1. The Morgan fingerprint density at radius 2 is 1.89 bits per heavy atom. The average Bonchev–Trinajstić information content (AvgIpc) is 2.66. The lowest BCUT2D eigenvalue weighted by atomic mass is 9.89. The molecular weight excluding hydrogens is 371 g/mol. The summed E-state index contributed by atoms with van der Waals surface area (Å²) < 4.78 is 13.0. The second kappa shape index (κ2) is 8.35. The van der Waals surface area contributed by atoms with Gasteiger partial charge in [0.1, 0.15) is 11.4 Å². The van der Waals surface area contributed by atoms with E-state index in [9.17, 15) is 19.4 Å². The zero-order valence-corrected chi connectivity index (χ0v) is 15.5. The van der Waals surface area contributed by atoms with E-state index in [4.69, 9.17) is 11.6 Å². The fourth-order valence-corrected chi connectivity index (χ4v) is 3.34. The molecule has 5 nitrogen and oxygen atoms in total. The van der Waals surface area contributed by atoms with Gasteiger partial charge in [-0.1, -0.05) is 23.7 Å². The Labute approximate surface area is 162 Å². The van der Waals surface area contributed by atoms with Gasteiger partial charge in [0.2, 0.25) is 0 Å². The minimum Gasteiger partial charge on any atom is -0.390 e. The molecule has 0 aliphatic carbocycles. The number of carbonyl (C=O) groups is 1. The van der Waals surface area contributed by atoms with E-state index in [-0.39, 0.29) is 31.2 Å². The maximum absolute atomic E-state index is 13.0. The van der Waals surface area contributed by atoms with Crippen LogP contribution >= 0.6 is 11.6 Å². The molecule has 2 atom stereocenters. The highest BCUT2D eigenvalue weighted by atomic mass is 35.5. The molecule has 1 heterocycles. The summed E-state index contributed by atoms with van der Waals surface area (Å²) in [6.07, 6.45) is -0.652. The van der Waals surface area contributed by atoms with Gasteiger partial charge < -0.3 is 20.4 Å². The van der Waals surface area contributed by atoms with Crippen LogP contribution in [0.4, 0.5) is 4.39 Å². The molecule has 0 radical (unpaired) electrons. The fourth-order valence-electron chi connectivity index (χ4n) is 3.21. The second-order valence-corrected chi connectivity index (χ2v) is 7.31. The summed E-state index contributed by atoms with van der Waals surface area (Å²) in [7, 11) is 0. The van der Waals surface area contributed by atoms with Gasteiger partial charge in [-0.25, -0.2) is 4.39 Å². The van der Waals surface area contributed by atoms with E-state index in [2.05, 4.69) is 5.32 Å². The van der Waals surface area contributed by atoms with E-state index in [1.807, 2.05) is 0 Å². The largest absolute Gasteiger partial charge is 0.390 e. The number of hydrogen-bond acceptors (Lipinski definition) is 4. The minimum atomic E-state index is -1.46. The van der Waals surface area contributed by atoms with Gasteiger partial charge in [0.15, 0.2) is 0 Å². The smallest absolute Gasteiger partial charge is 0.253 e. The molecular formula is C20H22ClFN2O3. The molecule has 1 amide bonds. The molecule has 0 saturated carbocycles. The van der Waals surface area contributed by atoms with Crippen LogP contribution in [0.15, 0.2) is 48.5 Å². The van der Waals surface area contributed by atoms with Gasteiger partial charge in [-0.05, 0) is 48.4 Å². The van der Waals surface area contributed by atoms with Crippen LogP contribution in [0, 0.1) is 5.82 Å². The third kappa shape index (κ3) is 4.84. The molecule has 7 heteroatoms. The van der Waals surface area contributed by atoms with Crippen molar-refractivity contribution in [3.8, 4) is 0 Å². The van der Waals surface area contributed by atoms with Crippen LogP contribution in [-0.4, -0.2) is 52.4 Å². The van der Waals surface area contributed by atoms with Crippen LogP contribution in [0.5, 0.6) is 0 Å². The number of β-amino-alcohol motifs (C(OH)–C–C–N with tert-alkyl or cyclic N) is 1. The molecule has 0 bridgehead atoms. The molecule has 1 saturated heterocycles. The summed E-state index contributed by atoms with van der Waals surface area (Å²) in [6, 6.07) is 12.6. The van der Waals surface area contributed by atoms with Crippen molar-refractivity contribution in [2.45, 2.75) is 24.7 Å². The number of carbonyl (C=O) groups excluding carboxylic acids is 1. The van der Waals surface area contributed by atoms with Gasteiger partial charge in [0.25, 0.3) is 5.91 Å². The van der Waals surface area contributed by atoms with Crippen molar-refractivity contribution in [3.05, 3.63) is 70.5 Å². The average molecular weight is 393 g/mol. The first-order valence-electron chi connectivity index (χ1n) is 8.78. The van der Waals surface area contributed by atoms with E-state index in [1.165, 1.54) is 17.0 Å². The molecule has 2 aromatic carbocycles. The lowest BCUT2D eigenvalue weighted by Gasteiger charge is -2.42. The van der Waals surface area contributed by atoms with Gasteiger partial charge in [-0.15, -0.1) is 0 Å². The Morgan fingerprint density at radius 1 is 1.22 bits per heavy atom.